The van der Waals surface area contributed by atoms with Gasteiger partial charge in [0, 0.05) is 18.9 Å². The molecule has 0 radical (unpaired) electrons. The Kier molecular flexibility index (Phi) is 9.06. The minimum atomic E-state index is -1.47. The number of nitrogens with one attached hydrogen (secondary N) is 1. The second kappa shape index (κ2) is 12.7. The number of esters is 2. The molecule has 2 amide bonds. The Bertz CT molecular complexity index is 1310. The topological polar surface area (TPSA) is 149 Å². The van der Waals surface area contributed by atoms with Crippen molar-refractivity contribution in [1.29, 1.82) is 0 Å². The fourth-order valence-corrected chi connectivity index (χ4v) is 5.08. The molecule has 41 heavy (non-hydrogen) atoms. The molecule has 0 bridgehead atoms. The second-order valence-electron chi connectivity index (χ2n) is 9.92. The van der Waals surface area contributed by atoms with Crippen LogP contribution in [0.3, 0.4) is 0 Å². The monoisotopic (exact) mass is 564 g/mol. The number of benzene rings is 2. The number of nitrogens with zero attached hydrogens (tertiary/aromatic N) is 1. The van der Waals surface area contributed by atoms with Crippen molar-refractivity contribution in [2.24, 2.45) is 5.92 Å². The van der Waals surface area contributed by atoms with Crippen LogP contribution in [0.25, 0.3) is 11.1 Å². The van der Waals surface area contributed by atoms with Crippen molar-refractivity contribution in [2.75, 3.05) is 19.8 Å². The fraction of sp³-hybridized carbons (Fsp3) is 0.367. The van der Waals surface area contributed by atoms with E-state index < -0.39 is 54.0 Å². The van der Waals surface area contributed by atoms with Crippen LogP contribution in [0.2, 0.25) is 0 Å². The molecule has 4 atom stereocenters. The predicted octanol–water partition coefficient (Wildman–Crippen LogP) is 2.88. The molecule has 11 nitrogen and oxygen atoms in total. The molecule has 2 aliphatic rings. The highest BCUT2D eigenvalue weighted by Gasteiger charge is 2.46. The number of aliphatic carboxylic acids is 1. The van der Waals surface area contributed by atoms with Crippen molar-refractivity contribution in [3.05, 3.63) is 72.3 Å². The normalized spacial score (nSPS) is 18.8. The van der Waals surface area contributed by atoms with Gasteiger partial charge in [0.15, 0.2) is 6.04 Å². The van der Waals surface area contributed by atoms with Crippen LogP contribution in [-0.2, 0) is 33.4 Å². The Labute approximate surface area is 237 Å². The van der Waals surface area contributed by atoms with Crippen molar-refractivity contribution >= 4 is 29.9 Å². The Morgan fingerprint density at radius 2 is 1.61 bits per heavy atom. The highest BCUT2D eigenvalue weighted by Crippen LogP contribution is 2.44. The number of hydrogen-bond acceptors (Lipinski definition) is 8. The van der Waals surface area contributed by atoms with Gasteiger partial charge in [0.25, 0.3) is 0 Å². The summed E-state index contributed by atoms with van der Waals surface area (Å²) in [6, 6.07) is 13.0. The van der Waals surface area contributed by atoms with E-state index in [9.17, 15) is 29.1 Å². The lowest BCUT2D eigenvalue weighted by molar-refractivity contribution is -0.160. The van der Waals surface area contributed by atoms with E-state index in [1.54, 1.807) is 0 Å². The largest absolute Gasteiger partial charge is 0.480 e. The SMILES string of the molecule is C=CCOC(=O)C(C)C(=O)N[C@@H](C)C(=O)OC1CCN(C(=O)OCC2c3ccccc3-c3ccccc32)[C@@H]1C(=O)O. The Morgan fingerprint density at radius 1 is 1.00 bits per heavy atom. The molecule has 0 spiro atoms. The summed E-state index contributed by atoms with van der Waals surface area (Å²) < 4.78 is 15.8. The third-order valence-electron chi connectivity index (χ3n) is 7.24. The molecule has 1 aliphatic carbocycles. The van der Waals surface area contributed by atoms with Crippen LogP contribution >= 0.6 is 0 Å². The number of carbonyl (C=O) groups excluding carboxylic acids is 4. The number of amides is 2. The van der Waals surface area contributed by atoms with Crippen LogP contribution in [0.5, 0.6) is 0 Å². The van der Waals surface area contributed by atoms with Crippen molar-refractivity contribution in [2.45, 2.75) is 44.4 Å². The summed E-state index contributed by atoms with van der Waals surface area (Å²) in [5.74, 6) is -5.20. The second-order valence-corrected chi connectivity index (χ2v) is 9.92. The van der Waals surface area contributed by atoms with Gasteiger partial charge < -0.3 is 24.6 Å². The molecule has 1 heterocycles. The van der Waals surface area contributed by atoms with E-state index in [0.29, 0.717) is 0 Å². The minimum Gasteiger partial charge on any atom is -0.480 e. The van der Waals surface area contributed by atoms with Crippen molar-refractivity contribution in [3.63, 3.8) is 0 Å². The first-order valence-corrected chi connectivity index (χ1v) is 13.3. The van der Waals surface area contributed by atoms with E-state index in [1.807, 2.05) is 48.5 Å². The number of carbonyl (C=O) groups is 5. The molecule has 1 fully saturated rings. The zero-order valence-corrected chi connectivity index (χ0v) is 22.8. The van der Waals surface area contributed by atoms with E-state index in [4.69, 9.17) is 14.2 Å². The zero-order chi connectivity index (χ0) is 29.7. The van der Waals surface area contributed by atoms with Gasteiger partial charge in [-0.25, -0.2) is 14.4 Å². The molecule has 0 aromatic heterocycles. The van der Waals surface area contributed by atoms with Crippen molar-refractivity contribution < 1.29 is 43.3 Å². The van der Waals surface area contributed by atoms with Crippen molar-refractivity contribution in [3.8, 4) is 11.1 Å². The summed E-state index contributed by atoms with van der Waals surface area (Å²) in [6.45, 7) is 6.03. The van der Waals surface area contributed by atoms with Crippen LogP contribution in [0.4, 0.5) is 4.79 Å². The van der Waals surface area contributed by atoms with Crippen molar-refractivity contribution in [1.82, 2.24) is 10.2 Å². The highest BCUT2D eigenvalue weighted by atomic mass is 16.6. The highest BCUT2D eigenvalue weighted by molar-refractivity contribution is 5.99. The number of carboxylic acid groups (broad SMARTS) is 1. The molecule has 4 rings (SSSR count). The number of carboxylic acids is 1. The molecule has 2 N–H and O–H groups in total. The van der Waals surface area contributed by atoms with E-state index in [1.165, 1.54) is 19.9 Å². The quantitative estimate of drug-likeness (QED) is 0.192. The lowest BCUT2D eigenvalue weighted by Crippen LogP contribution is -2.49. The maximum absolute atomic E-state index is 13.1. The number of ether oxygens (including phenoxy) is 3. The van der Waals surface area contributed by atoms with Gasteiger partial charge in [-0.05, 0) is 36.1 Å². The standard InChI is InChI=1S/C30H32N2O9/c1-4-15-39-28(36)17(2)26(33)31-18(3)29(37)41-24-13-14-32(25(24)27(34)35)30(38)40-16-23-21-11-7-5-9-19(21)20-10-6-8-12-22(20)23/h4-12,17-18,23-25H,1,13-16H2,2-3H3,(H,31,33)(H,34,35)/t17?,18-,24?,25-/m0/s1. The lowest BCUT2D eigenvalue weighted by Gasteiger charge is -2.25. The summed E-state index contributed by atoms with van der Waals surface area (Å²) in [5, 5.41) is 12.2. The molecular formula is C30H32N2O9. The number of rotatable bonds is 10. The lowest BCUT2D eigenvalue weighted by atomic mass is 9.98. The van der Waals surface area contributed by atoms with Gasteiger partial charge in [-0.1, -0.05) is 61.2 Å². The molecule has 2 aromatic rings. The predicted molar refractivity (Wildman–Crippen MR) is 146 cm³/mol. The van der Waals surface area contributed by atoms with E-state index in [0.717, 1.165) is 27.2 Å². The first-order valence-electron chi connectivity index (χ1n) is 13.3. The van der Waals surface area contributed by atoms with Crippen LogP contribution in [0.1, 0.15) is 37.3 Å². The van der Waals surface area contributed by atoms with Gasteiger partial charge in [0.1, 0.15) is 31.3 Å². The number of fused-ring (bicyclic) bond motifs is 3. The van der Waals surface area contributed by atoms with Gasteiger partial charge in [0.05, 0.1) is 0 Å². The summed E-state index contributed by atoms with van der Waals surface area (Å²) >= 11 is 0. The Morgan fingerprint density at radius 3 is 2.20 bits per heavy atom. The minimum absolute atomic E-state index is 0.00148. The third-order valence-corrected chi connectivity index (χ3v) is 7.24. The fourth-order valence-electron chi connectivity index (χ4n) is 5.08. The Hall–Kier alpha value is -4.67. The molecule has 0 saturated carbocycles. The first-order chi connectivity index (χ1) is 19.6. The molecule has 1 saturated heterocycles. The summed E-state index contributed by atoms with van der Waals surface area (Å²) in [4.78, 5) is 63.1. The summed E-state index contributed by atoms with van der Waals surface area (Å²) in [6.07, 6.45) is -0.562. The van der Waals surface area contributed by atoms with Gasteiger partial charge in [-0.15, -0.1) is 0 Å². The number of likely N-dealkylation sites (tertiary alicyclic amines) is 1. The summed E-state index contributed by atoms with van der Waals surface area (Å²) in [7, 11) is 0. The average Bonchev–Trinajstić information content (AvgIpc) is 3.53. The summed E-state index contributed by atoms with van der Waals surface area (Å²) in [5.41, 5.74) is 4.16. The van der Waals surface area contributed by atoms with Crippen LogP contribution in [0, 0.1) is 5.92 Å². The average molecular weight is 565 g/mol. The number of hydrogen-bond donors (Lipinski definition) is 2. The smallest absolute Gasteiger partial charge is 0.410 e. The molecule has 216 valence electrons. The third kappa shape index (κ3) is 6.24. The molecule has 11 heteroatoms. The van der Waals surface area contributed by atoms with Gasteiger partial charge in [-0.3, -0.25) is 14.5 Å². The molecule has 2 unspecified atom stereocenters. The van der Waals surface area contributed by atoms with Gasteiger partial charge >= 0.3 is 24.0 Å². The van der Waals surface area contributed by atoms with E-state index in [2.05, 4.69) is 11.9 Å². The zero-order valence-electron chi connectivity index (χ0n) is 22.8. The maximum atomic E-state index is 13.1. The maximum Gasteiger partial charge on any atom is 0.410 e. The van der Waals surface area contributed by atoms with Crippen LogP contribution in [0.15, 0.2) is 61.2 Å². The molecule has 2 aromatic carbocycles. The van der Waals surface area contributed by atoms with Crippen LogP contribution in [-0.4, -0.2) is 77.9 Å². The van der Waals surface area contributed by atoms with Crippen LogP contribution < -0.4 is 5.32 Å². The van der Waals surface area contributed by atoms with E-state index in [-0.39, 0.29) is 32.1 Å². The Balaban J connectivity index is 1.36. The molecule has 1 aliphatic heterocycles. The van der Waals surface area contributed by atoms with E-state index >= 15 is 0 Å². The van der Waals surface area contributed by atoms with Gasteiger partial charge in [0.2, 0.25) is 5.91 Å². The first kappa shape index (κ1) is 29.3. The van der Waals surface area contributed by atoms with Gasteiger partial charge in [-0.2, -0.15) is 0 Å². The molecular weight excluding hydrogens is 532 g/mol.